The third-order valence-corrected chi connectivity index (χ3v) is 6.44. The quantitative estimate of drug-likeness (QED) is 0.712. The van der Waals surface area contributed by atoms with Crippen LogP contribution in [0.2, 0.25) is 0 Å². The molecule has 154 valence electrons. The molecule has 0 radical (unpaired) electrons. The average Bonchev–Trinajstić information content (AvgIpc) is 3.38. The highest BCUT2D eigenvalue weighted by atomic mass is 32.1. The lowest BCUT2D eigenvalue weighted by Crippen LogP contribution is -2.50. The molecule has 0 spiro atoms. The van der Waals surface area contributed by atoms with Crippen molar-refractivity contribution in [2.24, 2.45) is 0 Å². The summed E-state index contributed by atoms with van der Waals surface area (Å²) in [5.74, 6) is 0.195. The second-order valence-electron chi connectivity index (χ2n) is 7.51. The summed E-state index contributed by atoms with van der Waals surface area (Å²) in [6.45, 7) is 5.12. The summed E-state index contributed by atoms with van der Waals surface area (Å²) in [5, 5.41) is 9.60. The SMILES string of the molecule is CN(CC(=O)N1CCN(Cc2ccccc2)CC1)c1nnc(N2CCCC2=O)s1. The van der Waals surface area contributed by atoms with E-state index < -0.39 is 0 Å². The standard InChI is InChI=1S/C20H26N6O2S/c1-23(19-21-22-20(29-19)26-9-5-8-17(26)27)15-18(28)25-12-10-24(11-13-25)14-16-6-3-2-4-7-16/h2-4,6-7H,5,8-15H2,1H3. The zero-order valence-electron chi connectivity index (χ0n) is 16.7. The third-order valence-electron chi connectivity index (χ3n) is 5.38. The lowest BCUT2D eigenvalue weighted by atomic mass is 10.2. The summed E-state index contributed by atoms with van der Waals surface area (Å²) in [6, 6.07) is 10.4. The van der Waals surface area contributed by atoms with Crippen LogP contribution in [-0.4, -0.2) is 78.1 Å². The second-order valence-corrected chi connectivity index (χ2v) is 8.45. The Morgan fingerprint density at radius 2 is 1.86 bits per heavy atom. The van der Waals surface area contributed by atoms with E-state index in [4.69, 9.17) is 0 Å². The first-order chi connectivity index (χ1) is 14.1. The average molecular weight is 415 g/mol. The lowest BCUT2D eigenvalue weighted by Gasteiger charge is -2.35. The summed E-state index contributed by atoms with van der Waals surface area (Å²) < 4.78 is 0. The molecule has 0 bridgehead atoms. The molecule has 2 amide bonds. The molecule has 0 atom stereocenters. The van der Waals surface area contributed by atoms with Gasteiger partial charge in [-0.2, -0.15) is 0 Å². The minimum absolute atomic E-state index is 0.0970. The molecule has 8 nitrogen and oxygen atoms in total. The number of nitrogens with zero attached hydrogens (tertiary/aromatic N) is 6. The fourth-order valence-electron chi connectivity index (χ4n) is 3.69. The highest BCUT2D eigenvalue weighted by molar-refractivity contribution is 7.19. The van der Waals surface area contributed by atoms with Crippen LogP contribution in [0.1, 0.15) is 18.4 Å². The van der Waals surface area contributed by atoms with Crippen molar-refractivity contribution in [2.75, 3.05) is 56.1 Å². The number of hydrogen-bond acceptors (Lipinski definition) is 7. The molecule has 2 saturated heterocycles. The van der Waals surface area contributed by atoms with Crippen molar-refractivity contribution in [3.8, 4) is 0 Å². The van der Waals surface area contributed by atoms with Crippen LogP contribution in [0, 0.1) is 0 Å². The lowest BCUT2D eigenvalue weighted by molar-refractivity contribution is -0.131. The van der Waals surface area contributed by atoms with Crippen LogP contribution in [0.3, 0.4) is 0 Å². The molecule has 0 saturated carbocycles. The van der Waals surface area contributed by atoms with Crippen molar-refractivity contribution in [1.82, 2.24) is 20.0 Å². The van der Waals surface area contributed by atoms with Gasteiger partial charge in [-0.15, -0.1) is 10.2 Å². The molecular weight excluding hydrogens is 388 g/mol. The molecular formula is C20H26N6O2S. The molecule has 1 aromatic carbocycles. The van der Waals surface area contributed by atoms with Gasteiger partial charge < -0.3 is 9.80 Å². The van der Waals surface area contributed by atoms with Crippen molar-refractivity contribution in [3.05, 3.63) is 35.9 Å². The largest absolute Gasteiger partial charge is 0.340 e. The van der Waals surface area contributed by atoms with E-state index in [2.05, 4.69) is 39.4 Å². The number of carbonyl (C=O) groups is 2. The van der Waals surface area contributed by atoms with Gasteiger partial charge in [0.15, 0.2) is 0 Å². The van der Waals surface area contributed by atoms with Gasteiger partial charge in [0.1, 0.15) is 0 Å². The van der Waals surface area contributed by atoms with E-state index in [1.807, 2.05) is 22.9 Å². The minimum atomic E-state index is 0.0970. The maximum absolute atomic E-state index is 12.7. The molecule has 2 fully saturated rings. The molecule has 2 aromatic rings. The van der Waals surface area contributed by atoms with Gasteiger partial charge in [0.2, 0.25) is 22.1 Å². The summed E-state index contributed by atoms with van der Waals surface area (Å²) in [4.78, 5) is 32.4. The number of carbonyl (C=O) groups excluding carboxylic acids is 2. The minimum Gasteiger partial charge on any atom is -0.340 e. The van der Waals surface area contributed by atoms with E-state index in [0.29, 0.717) is 23.2 Å². The maximum atomic E-state index is 12.7. The Morgan fingerprint density at radius 1 is 1.10 bits per heavy atom. The third kappa shape index (κ3) is 4.73. The fraction of sp³-hybridized carbons (Fsp3) is 0.500. The van der Waals surface area contributed by atoms with Crippen LogP contribution >= 0.6 is 11.3 Å². The van der Waals surface area contributed by atoms with Crippen LogP contribution in [-0.2, 0) is 16.1 Å². The predicted octanol–water partition coefficient (Wildman–Crippen LogP) is 1.45. The van der Waals surface area contributed by atoms with Crippen molar-refractivity contribution in [3.63, 3.8) is 0 Å². The van der Waals surface area contributed by atoms with Gasteiger partial charge in [-0.1, -0.05) is 41.7 Å². The van der Waals surface area contributed by atoms with Crippen LogP contribution < -0.4 is 9.80 Å². The predicted molar refractivity (Wildman–Crippen MR) is 113 cm³/mol. The molecule has 9 heteroatoms. The van der Waals surface area contributed by atoms with E-state index in [-0.39, 0.29) is 18.4 Å². The number of piperazine rings is 1. The number of anilines is 2. The van der Waals surface area contributed by atoms with E-state index in [0.717, 1.165) is 39.1 Å². The maximum Gasteiger partial charge on any atom is 0.242 e. The summed E-state index contributed by atoms with van der Waals surface area (Å²) in [7, 11) is 1.85. The normalized spacial score (nSPS) is 17.8. The van der Waals surface area contributed by atoms with Crippen molar-refractivity contribution < 1.29 is 9.59 Å². The first kappa shape index (κ1) is 19.8. The summed E-state index contributed by atoms with van der Waals surface area (Å²) in [6.07, 6.45) is 1.43. The van der Waals surface area contributed by atoms with Gasteiger partial charge in [0.05, 0.1) is 6.54 Å². The van der Waals surface area contributed by atoms with E-state index >= 15 is 0 Å². The second kappa shape index (κ2) is 8.87. The molecule has 2 aliphatic rings. The van der Waals surface area contributed by atoms with E-state index in [1.54, 1.807) is 4.90 Å². The number of rotatable bonds is 6. The molecule has 0 N–H and O–H groups in total. The van der Waals surface area contributed by atoms with Crippen molar-refractivity contribution >= 4 is 33.4 Å². The molecule has 1 aromatic heterocycles. The van der Waals surface area contributed by atoms with Crippen molar-refractivity contribution in [2.45, 2.75) is 19.4 Å². The smallest absolute Gasteiger partial charge is 0.242 e. The van der Waals surface area contributed by atoms with Gasteiger partial charge in [0, 0.05) is 52.7 Å². The Kier molecular flexibility index (Phi) is 6.05. The van der Waals surface area contributed by atoms with Crippen LogP contribution in [0.5, 0.6) is 0 Å². The van der Waals surface area contributed by atoms with Crippen molar-refractivity contribution in [1.29, 1.82) is 0 Å². The molecule has 4 rings (SSSR count). The first-order valence-corrected chi connectivity index (χ1v) is 10.8. The molecule has 3 heterocycles. The van der Waals surface area contributed by atoms with Crippen LogP contribution in [0.15, 0.2) is 30.3 Å². The number of amides is 2. The Balaban J connectivity index is 1.26. The van der Waals surface area contributed by atoms with Crippen LogP contribution in [0.4, 0.5) is 10.3 Å². The fourth-order valence-corrected chi connectivity index (χ4v) is 4.54. The number of hydrogen-bond donors (Lipinski definition) is 0. The monoisotopic (exact) mass is 414 g/mol. The van der Waals surface area contributed by atoms with Gasteiger partial charge in [-0.25, -0.2) is 0 Å². The number of likely N-dealkylation sites (N-methyl/N-ethyl adjacent to an activating group) is 1. The van der Waals surface area contributed by atoms with Gasteiger partial charge in [-0.3, -0.25) is 19.4 Å². The van der Waals surface area contributed by atoms with E-state index in [9.17, 15) is 9.59 Å². The number of aromatic nitrogens is 2. The Bertz CT molecular complexity index is 850. The van der Waals surface area contributed by atoms with Gasteiger partial charge in [0.25, 0.3) is 0 Å². The molecule has 2 aliphatic heterocycles. The van der Waals surface area contributed by atoms with Gasteiger partial charge >= 0.3 is 0 Å². The molecule has 0 aliphatic carbocycles. The summed E-state index contributed by atoms with van der Waals surface area (Å²) in [5.41, 5.74) is 1.30. The Morgan fingerprint density at radius 3 is 2.55 bits per heavy atom. The Hall–Kier alpha value is -2.52. The van der Waals surface area contributed by atoms with E-state index in [1.165, 1.54) is 16.9 Å². The topological polar surface area (TPSA) is 72.9 Å². The zero-order chi connectivity index (χ0) is 20.2. The first-order valence-electron chi connectivity index (χ1n) is 9.99. The van der Waals surface area contributed by atoms with Gasteiger partial charge in [-0.05, 0) is 12.0 Å². The Labute approximate surface area is 174 Å². The molecule has 29 heavy (non-hydrogen) atoms. The highest BCUT2D eigenvalue weighted by Crippen LogP contribution is 2.29. The summed E-state index contributed by atoms with van der Waals surface area (Å²) >= 11 is 1.36. The zero-order valence-corrected chi connectivity index (χ0v) is 17.5. The number of benzene rings is 1. The highest BCUT2D eigenvalue weighted by Gasteiger charge is 2.27. The molecule has 0 unspecified atom stereocenters. The van der Waals surface area contributed by atoms with Crippen LogP contribution in [0.25, 0.3) is 0 Å².